The Kier molecular flexibility index (Phi) is 9.40. The van der Waals surface area contributed by atoms with Crippen molar-refractivity contribution in [3.05, 3.63) is 46.5 Å². The largest absolute Gasteiger partial charge is 0.507 e. The first kappa shape index (κ1) is 27.4. The Balaban J connectivity index is 0.00000432. The van der Waals surface area contributed by atoms with Crippen LogP contribution in [0.3, 0.4) is 0 Å². The van der Waals surface area contributed by atoms with E-state index in [-0.39, 0.29) is 73.9 Å². The predicted octanol–water partition coefficient (Wildman–Crippen LogP) is 0.467. The number of aliphatic carboxylic acids is 2. The molecule has 0 spiro atoms. The minimum Gasteiger partial charge on any atom is -0.507 e. The van der Waals surface area contributed by atoms with Gasteiger partial charge in [-0.15, -0.1) is 12.4 Å². The molecule has 2 aromatic rings. The highest BCUT2D eigenvalue weighted by Gasteiger charge is 2.37. The van der Waals surface area contributed by atoms with Crippen molar-refractivity contribution < 1.29 is 39.6 Å². The van der Waals surface area contributed by atoms with Gasteiger partial charge in [-0.1, -0.05) is 0 Å². The zero-order valence-electron chi connectivity index (χ0n) is 18.4. The number of phenolic OH excluding ortho intramolecular Hbond substituents is 2. The van der Waals surface area contributed by atoms with Gasteiger partial charge in [0.2, 0.25) is 11.6 Å². The molecule has 8 N–H and O–H groups in total. The Morgan fingerprint density at radius 1 is 0.629 bits per heavy atom. The van der Waals surface area contributed by atoms with Crippen LogP contribution in [-0.2, 0) is 9.59 Å². The average molecular weight is 509 g/mol. The quantitative estimate of drug-likeness (QED) is 0.124. The topological polar surface area (TPSA) is 197 Å². The number of hydrogen-bond acceptors (Lipinski definition) is 10. The number of nitrogens with one attached hydrogen (secondary N) is 4. The van der Waals surface area contributed by atoms with Crippen LogP contribution in [-0.4, -0.2) is 83.2 Å². The fourth-order valence-corrected chi connectivity index (χ4v) is 3.62. The molecule has 188 valence electrons. The van der Waals surface area contributed by atoms with Gasteiger partial charge in [-0.2, -0.15) is 0 Å². The summed E-state index contributed by atoms with van der Waals surface area (Å²) in [5.74, 6) is -4.24. The van der Waals surface area contributed by atoms with Gasteiger partial charge in [0, 0.05) is 37.6 Å². The Morgan fingerprint density at radius 2 is 1.00 bits per heavy atom. The molecule has 0 radical (unpaired) electrons. The van der Waals surface area contributed by atoms with Crippen LogP contribution in [0, 0.1) is 0 Å². The van der Waals surface area contributed by atoms with Crippen LogP contribution < -0.4 is 21.3 Å². The van der Waals surface area contributed by atoms with Crippen molar-refractivity contribution in [2.75, 3.05) is 49.9 Å². The van der Waals surface area contributed by atoms with Gasteiger partial charge in [-0.05, 0) is 24.3 Å². The number of anilines is 2. The SMILES string of the molecule is Cl.O=C(O)CNCCNc1ccc(NCCNCC(=O)O)c2c1C(=O)c1c(O)ccc(O)c1C2=O. The van der Waals surface area contributed by atoms with E-state index in [1.807, 2.05) is 0 Å². The van der Waals surface area contributed by atoms with E-state index in [1.165, 1.54) is 0 Å². The Labute approximate surface area is 205 Å². The van der Waals surface area contributed by atoms with Crippen LogP contribution in [0.5, 0.6) is 11.5 Å². The zero-order valence-corrected chi connectivity index (χ0v) is 19.2. The number of fused-ring (bicyclic) bond motifs is 2. The normalized spacial score (nSPS) is 11.8. The molecule has 0 amide bonds. The molecular formula is C22H25ClN4O8. The fourth-order valence-electron chi connectivity index (χ4n) is 3.62. The van der Waals surface area contributed by atoms with Gasteiger partial charge < -0.3 is 41.7 Å². The number of benzene rings is 2. The number of carboxylic acids is 2. The van der Waals surface area contributed by atoms with Crippen LogP contribution in [0.2, 0.25) is 0 Å². The van der Waals surface area contributed by atoms with Gasteiger partial charge in [0.05, 0.1) is 35.3 Å². The third-order valence-electron chi connectivity index (χ3n) is 5.06. The lowest BCUT2D eigenvalue weighted by atomic mass is 9.81. The van der Waals surface area contributed by atoms with Crippen LogP contribution in [0.25, 0.3) is 0 Å². The Morgan fingerprint density at radius 3 is 1.34 bits per heavy atom. The molecule has 0 unspecified atom stereocenters. The van der Waals surface area contributed by atoms with E-state index < -0.39 is 35.0 Å². The maximum atomic E-state index is 13.4. The number of halogens is 1. The van der Waals surface area contributed by atoms with Gasteiger partial charge in [0.1, 0.15) is 11.5 Å². The van der Waals surface area contributed by atoms with Crippen molar-refractivity contribution in [3.63, 3.8) is 0 Å². The molecule has 0 aromatic heterocycles. The third kappa shape index (κ3) is 6.18. The van der Waals surface area contributed by atoms with Crippen LogP contribution in [0.15, 0.2) is 24.3 Å². The van der Waals surface area contributed by atoms with Crippen molar-refractivity contribution in [2.45, 2.75) is 0 Å². The molecule has 1 aliphatic carbocycles. The lowest BCUT2D eigenvalue weighted by Gasteiger charge is -2.25. The number of carboxylic acid groups (broad SMARTS) is 2. The highest BCUT2D eigenvalue weighted by Crippen LogP contribution is 2.42. The second-order valence-corrected chi connectivity index (χ2v) is 7.42. The Bertz CT molecular complexity index is 1070. The van der Waals surface area contributed by atoms with E-state index in [0.29, 0.717) is 11.4 Å². The molecule has 0 saturated carbocycles. The van der Waals surface area contributed by atoms with E-state index in [0.717, 1.165) is 12.1 Å². The smallest absolute Gasteiger partial charge is 0.317 e. The fraction of sp³-hybridized carbons (Fsp3) is 0.273. The summed E-state index contributed by atoms with van der Waals surface area (Å²) < 4.78 is 0. The molecule has 0 aliphatic heterocycles. The van der Waals surface area contributed by atoms with Gasteiger partial charge in [0.15, 0.2) is 0 Å². The Hall–Kier alpha value is -3.87. The summed E-state index contributed by atoms with van der Waals surface area (Å²) in [7, 11) is 0. The lowest BCUT2D eigenvalue weighted by molar-refractivity contribution is -0.136. The first-order valence-electron chi connectivity index (χ1n) is 10.4. The summed E-state index contributed by atoms with van der Waals surface area (Å²) in [4.78, 5) is 48.0. The molecule has 2 aromatic carbocycles. The third-order valence-corrected chi connectivity index (χ3v) is 5.06. The number of aromatic hydroxyl groups is 2. The molecule has 0 fully saturated rings. The maximum absolute atomic E-state index is 13.4. The molecule has 0 saturated heterocycles. The van der Waals surface area contributed by atoms with Crippen molar-refractivity contribution in [1.29, 1.82) is 0 Å². The second kappa shape index (κ2) is 12.0. The summed E-state index contributed by atoms with van der Waals surface area (Å²) in [5, 5.41) is 49.3. The van der Waals surface area contributed by atoms with Gasteiger partial charge in [-0.25, -0.2) is 0 Å². The van der Waals surface area contributed by atoms with Crippen molar-refractivity contribution >= 4 is 47.3 Å². The average Bonchev–Trinajstić information content (AvgIpc) is 2.78. The molecule has 1 aliphatic rings. The van der Waals surface area contributed by atoms with Crippen molar-refractivity contribution in [2.24, 2.45) is 0 Å². The van der Waals surface area contributed by atoms with E-state index >= 15 is 0 Å². The highest BCUT2D eigenvalue weighted by molar-refractivity contribution is 6.33. The molecule has 13 heteroatoms. The predicted molar refractivity (Wildman–Crippen MR) is 128 cm³/mol. The van der Waals surface area contributed by atoms with Gasteiger partial charge in [-0.3, -0.25) is 19.2 Å². The molecular weight excluding hydrogens is 484 g/mol. The van der Waals surface area contributed by atoms with E-state index in [1.54, 1.807) is 12.1 Å². The highest BCUT2D eigenvalue weighted by atomic mass is 35.5. The number of rotatable bonds is 12. The standard InChI is InChI=1S/C22H24N4O8.ClH/c27-13-3-4-14(28)20-19(13)21(33)17-11(25-7-5-23-9-15(29)30)1-2-12(18(17)22(20)34)26-8-6-24-10-16(31)32;/h1-4,23-28H,5-10H2,(H,29,30)(H,31,32);1H. The molecule has 0 bridgehead atoms. The number of carbonyl (C=O) groups excluding carboxylic acids is 2. The minimum atomic E-state index is -1.02. The molecule has 0 atom stereocenters. The maximum Gasteiger partial charge on any atom is 0.317 e. The summed E-state index contributed by atoms with van der Waals surface area (Å²) in [6.07, 6.45) is 0. The van der Waals surface area contributed by atoms with Crippen LogP contribution in [0.1, 0.15) is 31.8 Å². The first-order chi connectivity index (χ1) is 16.2. The second-order valence-electron chi connectivity index (χ2n) is 7.42. The van der Waals surface area contributed by atoms with Crippen molar-refractivity contribution in [3.8, 4) is 11.5 Å². The van der Waals surface area contributed by atoms with Crippen LogP contribution in [0.4, 0.5) is 11.4 Å². The van der Waals surface area contributed by atoms with Crippen molar-refractivity contribution in [1.82, 2.24) is 10.6 Å². The molecule has 0 heterocycles. The zero-order chi connectivity index (χ0) is 24.8. The van der Waals surface area contributed by atoms with E-state index in [9.17, 15) is 29.4 Å². The monoisotopic (exact) mass is 508 g/mol. The number of carbonyl (C=O) groups is 4. The number of ketones is 2. The molecule has 3 rings (SSSR count). The van der Waals surface area contributed by atoms with Gasteiger partial charge >= 0.3 is 11.9 Å². The molecule has 35 heavy (non-hydrogen) atoms. The first-order valence-corrected chi connectivity index (χ1v) is 10.4. The van der Waals surface area contributed by atoms with E-state index in [4.69, 9.17) is 10.2 Å². The number of hydrogen-bond donors (Lipinski definition) is 8. The summed E-state index contributed by atoms with van der Waals surface area (Å²) >= 11 is 0. The summed E-state index contributed by atoms with van der Waals surface area (Å²) in [6, 6.07) is 5.39. The van der Waals surface area contributed by atoms with Gasteiger partial charge in [0.25, 0.3) is 0 Å². The lowest BCUT2D eigenvalue weighted by Crippen LogP contribution is -2.30. The summed E-state index contributed by atoms with van der Waals surface area (Å²) in [5.41, 5.74) is -0.00301. The molecule has 12 nitrogen and oxygen atoms in total. The summed E-state index contributed by atoms with van der Waals surface area (Å²) in [6.45, 7) is 0.535. The minimum absolute atomic E-state index is 0. The van der Waals surface area contributed by atoms with E-state index in [2.05, 4.69) is 21.3 Å². The number of phenols is 2. The van der Waals surface area contributed by atoms with Crippen LogP contribution >= 0.6 is 12.4 Å².